The molecule has 0 aromatic rings. The molecule has 1 rings (SSSR count). The first-order chi connectivity index (χ1) is 6.59. The van der Waals surface area contributed by atoms with E-state index < -0.39 is 0 Å². The highest BCUT2D eigenvalue weighted by Gasteiger charge is 2.22. The Labute approximate surface area is 86.1 Å². The number of aliphatic hydroxyl groups is 1. The summed E-state index contributed by atoms with van der Waals surface area (Å²) in [5, 5.41) is 9.16. The Bertz CT molecular complexity index is 192. The largest absolute Gasteiger partial charge is 0.393 e. The number of rotatable bonds is 4. The summed E-state index contributed by atoms with van der Waals surface area (Å²) >= 11 is 0. The van der Waals surface area contributed by atoms with Gasteiger partial charge in [0.2, 0.25) is 0 Å². The predicted molar refractivity (Wildman–Crippen MR) is 56.2 cm³/mol. The minimum absolute atomic E-state index is 0.239. The number of Topliss-reactive ketones (excluding diaryl/α,β-unsaturated/α-hetero) is 1. The second-order valence-corrected chi connectivity index (χ2v) is 4.41. The summed E-state index contributed by atoms with van der Waals surface area (Å²) in [5.41, 5.74) is 0. The van der Waals surface area contributed by atoms with E-state index in [2.05, 4.69) is 4.90 Å². The van der Waals surface area contributed by atoms with Gasteiger partial charge in [0.1, 0.15) is 5.78 Å². The quantitative estimate of drug-likeness (QED) is 0.739. The van der Waals surface area contributed by atoms with Crippen molar-refractivity contribution in [1.82, 2.24) is 4.90 Å². The van der Waals surface area contributed by atoms with Gasteiger partial charge < -0.3 is 10.0 Å². The number of hydrogen-bond acceptors (Lipinski definition) is 3. The van der Waals surface area contributed by atoms with E-state index in [0.29, 0.717) is 18.2 Å². The van der Waals surface area contributed by atoms with Crippen LogP contribution < -0.4 is 0 Å². The van der Waals surface area contributed by atoms with E-state index in [9.17, 15) is 4.79 Å². The molecule has 0 aromatic heterocycles. The molecule has 1 fully saturated rings. The molecular formula is C11H21NO2. The van der Waals surface area contributed by atoms with Crippen LogP contribution in [0.2, 0.25) is 0 Å². The van der Waals surface area contributed by atoms with Crippen LogP contribution in [0, 0.1) is 0 Å². The third-order valence-corrected chi connectivity index (χ3v) is 2.98. The van der Waals surface area contributed by atoms with Crippen LogP contribution in [0.25, 0.3) is 0 Å². The first kappa shape index (κ1) is 11.7. The summed E-state index contributed by atoms with van der Waals surface area (Å²) in [7, 11) is 2.05. The van der Waals surface area contributed by atoms with Crippen molar-refractivity contribution in [1.29, 1.82) is 0 Å². The summed E-state index contributed by atoms with van der Waals surface area (Å²) in [4.78, 5) is 13.5. The highest BCUT2D eigenvalue weighted by atomic mass is 16.3. The third-order valence-electron chi connectivity index (χ3n) is 2.98. The zero-order chi connectivity index (χ0) is 10.6. The minimum Gasteiger partial charge on any atom is -0.393 e. The topological polar surface area (TPSA) is 40.5 Å². The maximum Gasteiger partial charge on any atom is 0.134 e. The lowest BCUT2D eigenvalue weighted by Gasteiger charge is -2.30. The second kappa shape index (κ2) is 5.47. The fourth-order valence-electron chi connectivity index (χ4n) is 1.95. The van der Waals surface area contributed by atoms with E-state index in [1.165, 1.54) is 0 Å². The van der Waals surface area contributed by atoms with Crippen LogP contribution >= 0.6 is 0 Å². The van der Waals surface area contributed by atoms with E-state index in [-0.39, 0.29) is 6.10 Å². The van der Waals surface area contributed by atoms with Crippen molar-refractivity contribution < 1.29 is 9.90 Å². The smallest absolute Gasteiger partial charge is 0.134 e. The van der Waals surface area contributed by atoms with E-state index in [1.54, 1.807) is 6.92 Å². The first-order valence-electron chi connectivity index (χ1n) is 5.49. The highest BCUT2D eigenvalue weighted by Crippen LogP contribution is 2.19. The normalized spacial score (nSPS) is 25.4. The monoisotopic (exact) mass is 199 g/mol. The van der Waals surface area contributed by atoms with Gasteiger partial charge in [0.25, 0.3) is 0 Å². The summed E-state index contributed by atoms with van der Waals surface area (Å²) in [6.07, 6.45) is 4.18. The van der Waals surface area contributed by atoms with Crippen LogP contribution in [-0.2, 0) is 4.79 Å². The van der Waals surface area contributed by atoms with Gasteiger partial charge in [-0.05, 0) is 33.2 Å². The van der Waals surface area contributed by atoms with Gasteiger partial charge in [0.15, 0.2) is 0 Å². The molecular weight excluding hydrogens is 178 g/mol. The molecule has 82 valence electrons. The number of hydrogen-bond donors (Lipinski definition) is 1. The molecule has 3 nitrogen and oxygen atoms in total. The van der Waals surface area contributed by atoms with E-state index in [4.69, 9.17) is 5.11 Å². The molecule has 0 aromatic carbocycles. The van der Waals surface area contributed by atoms with E-state index in [0.717, 1.165) is 32.2 Å². The van der Waals surface area contributed by atoms with Crippen molar-refractivity contribution in [2.45, 2.75) is 51.2 Å². The van der Waals surface area contributed by atoms with Crippen LogP contribution in [0.3, 0.4) is 0 Å². The number of carbonyl (C=O) groups is 1. The van der Waals surface area contributed by atoms with Crippen LogP contribution in [-0.4, -0.2) is 41.5 Å². The molecule has 1 aliphatic rings. The molecule has 1 N–H and O–H groups in total. The van der Waals surface area contributed by atoms with Crippen molar-refractivity contribution in [3.05, 3.63) is 0 Å². The SMILES string of the molecule is CC(O)CCN(C)C1CCCC(=O)C1. The number of ketones is 1. The van der Waals surface area contributed by atoms with Gasteiger partial charge in [-0.25, -0.2) is 0 Å². The molecule has 0 saturated heterocycles. The van der Waals surface area contributed by atoms with E-state index >= 15 is 0 Å². The summed E-state index contributed by atoms with van der Waals surface area (Å²) in [6, 6.07) is 0.412. The van der Waals surface area contributed by atoms with Crippen molar-refractivity contribution >= 4 is 5.78 Å². The summed E-state index contributed by atoms with van der Waals surface area (Å²) < 4.78 is 0. The van der Waals surface area contributed by atoms with Crippen molar-refractivity contribution in [3.8, 4) is 0 Å². The Morgan fingerprint density at radius 1 is 1.64 bits per heavy atom. The van der Waals surface area contributed by atoms with Crippen LogP contribution in [0.5, 0.6) is 0 Å². The molecule has 0 heterocycles. The Balaban J connectivity index is 2.28. The molecule has 2 unspecified atom stereocenters. The standard InChI is InChI=1S/C11H21NO2/c1-9(13)6-7-12(2)10-4-3-5-11(14)8-10/h9-10,13H,3-8H2,1-2H3. The molecule has 2 atom stereocenters. The fraction of sp³-hybridized carbons (Fsp3) is 0.909. The Morgan fingerprint density at radius 3 is 2.93 bits per heavy atom. The van der Waals surface area contributed by atoms with Gasteiger partial charge in [0, 0.05) is 25.4 Å². The summed E-state index contributed by atoms with van der Waals surface area (Å²) in [6.45, 7) is 2.69. The lowest BCUT2D eigenvalue weighted by molar-refractivity contribution is -0.121. The zero-order valence-corrected chi connectivity index (χ0v) is 9.20. The van der Waals surface area contributed by atoms with Gasteiger partial charge >= 0.3 is 0 Å². The van der Waals surface area contributed by atoms with Gasteiger partial charge in [0.05, 0.1) is 6.10 Å². The molecule has 0 spiro atoms. The number of carbonyl (C=O) groups excluding carboxylic acids is 1. The number of nitrogens with zero attached hydrogens (tertiary/aromatic N) is 1. The Morgan fingerprint density at radius 2 is 2.36 bits per heavy atom. The van der Waals surface area contributed by atoms with Gasteiger partial charge in [-0.15, -0.1) is 0 Å². The lowest BCUT2D eigenvalue weighted by atomic mass is 9.93. The number of aliphatic hydroxyl groups excluding tert-OH is 1. The third kappa shape index (κ3) is 3.76. The van der Waals surface area contributed by atoms with E-state index in [1.807, 2.05) is 7.05 Å². The molecule has 1 saturated carbocycles. The molecule has 0 radical (unpaired) electrons. The van der Waals surface area contributed by atoms with Crippen molar-refractivity contribution in [2.24, 2.45) is 0 Å². The van der Waals surface area contributed by atoms with Crippen LogP contribution in [0.15, 0.2) is 0 Å². The highest BCUT2D eigenvalue weighted by molar-refractivity contribution is 5.79. The van der Waals surface area contributed by atoms with Crippen molar-refractivity contribution in [3.63, 3.8) is 0 Å². The molecule has 0 aliphatic heterocycles. The lowest BCUT2D eigenvalue weighted by Crippen LogP contribution is -2.37. The first-order valence-corrected chi connectivity index (χ1v) is 5.49. The molecule has 1 aliphatic carbocycles. The molecule has 14 heavy (non-hydrogen) atoms. The van der Waals surface area contributed by atoms with Gasteiger partial charge in [-0.3, -0.25) is 4.79 Å². The van der Waals surface area contributed by atoms with Crippen LogP contribution in [0.1, 0.15) is 39.0 Å². The van der Waals surface area contributed by atoms with Crippen LogP contribution in [0.4, 0.5) is 0 Å². The van der Waals surface area contributed by atoms with Gasteiger partial charge in [-0.1, -0.05) is 0 Å². The molecule has 0 bridgehead atoms. The predicted octanol–water partition coefficient (Wildman–Crippen LogP) is 1.20. The molecule has 0 amide bonds. The minimum atomic E-state index is -0.239. The summed E-state index contributed by atoms with van der Waals surface area (Å²) in [5.74, 6) is 0.394. The average Bonchev–Trinajstić information content (AvgIpc) is 2.14. The Hall–Kier alpha value is -0.410. The van der Waals surface area contributed by atoms with Gasteiger partial charge in [-0.2, -0.15) is 0 Å². The molecule has 3 heteroatoms. The average molecular weight is 199 g/mol. The zero-order valence-electron chi connectivity index (χ0n) is 9.20. The maximum absolute atomic E-state index is 11.2. The fourth-order valence-corrected chi connectivity index (χ4v) is 1.95. The maximum atomic E-state index is 11.2. The Kier molecular flexibility index (Phi) is 4.55. The second-order valence-electron chi connectivity index (χ2n) is 4.41. The van der Waals surface area contributed by atoms with Crippen molar-refractivity contribution in [2.75, 3.05) is 13.6 Å².